The van der Waals surface area contributed by atoms with E-state index >= 15 is 0 Å². The Morgan fingerprint density at radius 3 is 1.53 bits per heavy atom. The summed E-state index contributed by atoms with van der Waals surface area (Å²) in [6.07, 6.45) is 0. The molecule has 100 valence electrons. The van der Waals surface area contributed by atoms with Gasteiger partial charge in [0.2, 0.25) is 0 Å². The summed E-state index contributed by atoms with van der Waals surface area (Å²) in [6, 6.07) is 15.4. The van der Waals surface area contributed by atoms with Gasteiger partial charge in [-0.3, -0.25) is 0 Å². The van der Waals surface area contributed by atoms with E-state index < -0.39 is 16.1 Å². The van der Waals surface area contributed by atoms with Crippen molar-refractivity contribution in [1.82, 2.24) is 0 Å². The molecule has 2 aromatic rings. The topological polar surface area (TPSA) is 0 Å². The maximum absolute atomic E-state index is 6.60. The average molecular weight is 441 g/mol. The fraction of sp³-hybridized carbons (Fsp3) is 0.143. The van der Waals surface area contributed by atoms with Crippen LogP contribution in [0.2, 0.25) is 10.0 Å². The van der Waals surface area contributed by atoms with E-state index in [0.717, 1.165) is 30.0 Å². The Labute approximate surface area is 134 Å². The Balaban J connectivity index is 2.10. The molecule has 0 atom stereocenters. The third kappa shape index (κ3) is 5.35. The van der Waals surface area contributed by atoms with Crippen LogP contribution < -0.4 is 0 Å². The van der Waals surface area contributed by atoms with Crippen LogP contribution in [0.3, 0.4) is 0 Å². The van der Waals surface area contributed by atoms with Gasteiger partial charge in [0.15, 0.2) is 0 Å². The summed E-state index contributed by atoms with van der Waals surface area (Å²) < 4.78 is 1.48. The van der Waals surface area contributed by atoms with Crippen LogP contribution in [-0.4, -0.2) is 16.1 Å². The molecule has 0 bridgehead atoms. The summed E-state index contributed by atoms with van der Waals surface area (Å²) in [6.45, 7) is 0. The first kappa shape index (κ1) is 15.8. The molecule has 2 rings (SSSR count). The Hall–Kier alpha value is 0.399. The first-order valence-corrected chi connectivity index (χ1v) is 17.8. The second kappa shape index (κ2) is 6.91. The molecule has 0 nitrogen and oxygen atoms in total. The monoisotopic (exact) mass is 440 g/mol. The second-order valence-corrected chi connectivity index (χ2v) is 23.3. The van der Waals surface area contributed by atoms with E-state index in [2.05, 4.69) is 0 Å². The molecule has 0 spiro atoms. The van der Waals surface area contributed by atoms with Gasteiger partial charge in [-0.15, -0.1) is 0 Å². The molecule has 5 heteroatoms. The molecule has 0 aromatic heterocycles. The predicted molar refractivity (Wildman–Crippen MR) is 87.8 cm³/mol. The fourth-order valence-electron chi connectivity index (χ4n) is 1.95. The molecule has 0 unspecified atom stereocenters. The summed E-state index contributed by atoms with van der Waals surface area (Å²) in [5.74, 6) is 0. The molecule has 0 saturated carbocycles. The quantitative estimate of drug-likeness (QED) is 0.529. The first-order valence-electron chi connectivity index (χ1n) is 5.81. The van der Waals surface area contributed by atoms with Crippen LogP contribution in [0.4, 0.5) is 0 Å². The molecule has 0 amide bonds. The van der Waals surface area contributed by atoms with Gasteiger partial charge in [0.1, 0.15) is 0 Å². The summed E-state index contributed by atoms with van der Waals surface area (Å²) >= 11 is 8.76. The van der Waals surface area contributed by atoms with Gasteiger partial charge in [0.25, 0.3) is 0 Å². The number of halogens is 4. The summed E-state index contributed by atoms with van der Waals surface area (Å²) in [5, 5.41) is 1.44. The molecule has 0 heterocycles. The van der Waals surface area contributed by atoms with Gasteiger partial charge in [-0.1, -0.05) is 0 Å². The van der Waals surface area contributed by atoms with Crippen LogP contribution in [0, 0.1) is 0 Å². The van der Waals surface area contributed by atoms with E-state index in [1.165, 1.54) is 0 Å². The molecule has 2 aromatic carbocycles. The minimum atomic E-state index is -3.18. The summed E-state index contributed by atoms with van der Waals surface area (Å²) in [5.41, 5.74) is 2.21. The standard InChI is InChI=1S/2C7H6Cl.2ClH.Sn/c2*1-6-3-2-4-7(8)5-6;;;/h2*2-5H,1H2;2*1H;/q;;;;+2/p-2. The van der Waals surface area contributed by atoms with Gasteiger partial charge < -0.3 is 0 Å². The third-order valence-corrected chi connectivity index (χ3v) is 12.0. The van der Waals surface area contributed by atoms with E-state index in [1.807, 2.05) is 48.5 Å². The molecule has 0 aliphatic carbocycles. The molecule has 0 fully saturated rings. The van der Waals surface area contributed by atoms with Crippen molar-refractivity contribution < 1.29 is 0 Å². The number of hydrogen-bond donors (Lipinski definition) is 0. The number of rotatable bonds is 4. The summed E-state index contributed by atoms with van der Waals surface area (Å²) in [7, 11) is 13.2. The molecule has 0 aliphatic rings. The van der Waals surface area contributed by atoms with Gasteiger partial charge in [-0.2, -0.15) is 0 Å². The Morgan fingerprint density at radius 2 is 1.16 bits per heavy atom. The van der Waals surface area contributed by atoms with Crippen LogP contribution in [-0.2, 0) is 8.87 Å². The van der Waals surface area contributed by atoms with Crippen molar-refractivity contribution in [2.75, 3.05) is 0 Å². The molecular weight excluding hydrogens is 429 g/mol. The average Bonchev–Trinajstić information content (AvgIpc) is 2.27. The molecule has 0 aliphatic heterocycles. The Kier molecular flexibility index (Phi) is 5.74. The van der Waals surface area contributed by atoms with Crippen molar-refractivity contribution in [2.24, 2.45) is 0 Å². The summed E-state index contributed by atoms with van der Waals surface area (Å²) in [4.78, 5) is 0. The fourth-order valence-corrected chi connectivity index (χ4v) is 11.5. The van der Waals surface area contributed by atoms with Crippen molar-refractivity contribution in [1.29, 1.82) is 0 Å². The molecule has 0 radical (unpaired) electrons. The van der Waals surface area contributed by atoms with Crippen LogP contribution in [0.25, 0.3) is 0 Å². The van der Waals surface area contributed by atoms with E-state index in [-0.39, 0.29) is 0 Å². The molecule has 0 N–H and O–H groups in total. The van der Waals surface area contributed by atoms with Gasteiger partial charge >= 0.3 is 136 Å². The van der Waals surface area contributed by atoms with Gasteiger partial charge in [0, 0.05) is 0 Å². The number of benzene rings is 2. The Bertz CT molecular complexity index is 519. The predicted octanol–water partition coefficient (Wildman–Crippen LogP) is 5.78. The normalized spacial score (nSPS) is 11.6. The molecular formula is C14H12Cl4Sn. The Morgan fingerprint density at radius 1 is 0.737 bits per heavy atom. The molecule has 0 saturated heterocycles. The maximum atomic E-state index is 6.60. The van der Waals surface area contributed by atoms with Crippen LogP contribution in [0.1, 0.15) is 11.1 Å². The van der Waals surface area contributed by atoms with Crippen molar-refractivity contribution >= 4 is 57.2 Å². The van der Waals surface area contributed by atoms with E-state index in [4.69, 9.17) is 41.0 Å². The van der Waals surface area contributed by atoms with Gasteiger partial charge in [-0.25, -0.2) is 0 Å². The minimum absolute atomic E-state index is 0.718. The van der Waals surface area contributed by atoms with Crippen LogP contribution >= 0.6 is 41.0 Å². The van der Waals surface area contributed by atoms with E-state index in [9.17, 15) is 0 Å². The van der Waals surface area contributed by atoms with Crippen molar-refractivity contribution in [2.45, 2.75) is 8.87 Å². The van der Waals surface area contributed by atoms with Crippen LogP contribution in [0.15, 0.2) is 48.5 Å². The van der Waals surface area contributed by atoms with Crippen LogP contribution in [0.5, 0.6) is 0 Å². The third-order valence-electron chi connectivity index (χ3n) is 2.70. The zero-order chi connectivity index (χ0) is 13.9. The van der Waals surface area contributed by atoms with Gasteiger partial charge in [0.05, 0.1) is 0 Å². The van der Waals surface area contributed by atoms with Crippen molar-refractivity contribution in [3.63, 3.8) is 0 Å². The van der Waals surface area contributed by atoms with Crippen molar-refractivity contribution in [3.8, 4) is 0 Å². The molecule has 19 heavy (non-hydrogen) atoms. The van der Waals surface area contributed by atoms with E-state index in [0.29, 0.717) is 0 Å². The zero-order valence-corrected chi connectivity index (χ0v) is 15.9. The zero-order valence-electron chi connectivity index (χ0n) is 10.0. The van der Waals surface area contributed by atoms with Crippen molar-refractivity contribution in [3.05, 3.63) is 69.7 Å². The first-order chi connectivity index (χ1) is 8.94. The SMILES string of the molecule is Clc1cccc([CH2][Sn]([Cl])([Cl])[CH2]c2cccc(Cl)c2)c1. The second-order valence-electron chi connectivity index (χ2n) is 4.47. The number of hydrogen-bond acceptors (Lipinski definition) is 0. The van der Waals surface area contributed by atoms with Gasteiger partial charge in [-0.05, 0) is 0 Å². The van der Waals surface area contributed by atoms with E-state index in [1.54, 1.807) is 0 Å².